The summed E-state index contributed by atoms with van der Waals surface area (Å²) in [6.07, 6.45) is 3.20. The molecule has 19 heavy (non-hydrogen) atoms. The second-order valence-corrected chi connectivity index (χ2v) is 4.13. The smallest absolute Gasteiger partial charge is 0.248 e. The molecular formula is C12H16N6O. The molecule has 0 fully saturated rings. The van der Waals surface area contributed by atoms with Gasteiger partial charge in [-0.05, 0) is 24.6 Å². The van der Waals surface area contributed by atoms with Crippen LogP contribution in [0.1, 0.15) is 22.6 Å². The maximum absolute atomic E-state index is 11.0. The molecule has 0 saturated carbocycles. The van der Waals surface area contributed by atoms with Crippen molar-refractivity contribution < 1.29 is 4.79 Å². The zero-order valence-electron chi connectivity index (χ0n) is 10.4. The van der Waals surface area contributed by atoms with E-state index in [2.05, 4.69) is 20.5 Å². The second kappa shape index (κ2) is 5.85. The largest absolute Gasteiger partial charge is 0.397 e. The number of nitrogen functional groups attached to an aromatic ring is 1. The number of aryl methyl sites for hydroxylation is 1. The summed E-state index contributed by atoms with van der Waals surface area (Å²) in [7, 11) is 0. The predicted octanol–water partition coefficient (Wildman–Crippen LogP) is 0.530. The quantitative estimate of drug-likeness (QED) is 0.445. The standard InChI is InChI=1S/C12H16N6O/c13-9-6-8(12(14)19)3-4-10(9)15-5-1-2-11-16-7-17-18-11/h3-4,6-7,15H,1-2,5,13H2,(H2,14,19)(H,16,17,18). The van der Waals surface area contributed by atoms with E-state index in [1.165, 1.54) is 6.33 Å². The Bertz CT molecular complexity index is 551. The van der Waals surface area contributed by atoms with E-state index in [0.29, 0.717) is 11.3 Å². The molecule has 0 radical (unpaired) electrons. The number of H-pyrrole nitrogens is 1. The molecule has 0 spiro atoms. The average molecular weight is 260 g/mol. The second-order valence-electron chi connectivity index (χ2n) is 4.13. The van der Waals surface area contributed by atoms with E-state index < -0.39 is 5.91 Å². The van der Waals surface area contributed by atoms with Gasteiger partial charge < -0.3 is 16.8 Å². The van der Waals surface area contributed by atoms with Crippen molar-refractivity contribution in [1.29, 1.82) is 0 Å². The van der Waals surface area contributed by atoms with Gasteiger partial charge >= 0.3 is 0 Å². The Morgan fingerprint density at radius 1 is 1.42 bits per heavy atom. The van der Waals surface area contributed by atoms with Crippen molar-refractivity contribution in [3.05, 3.63) is 35.9 Å². The lowest BCUT2D eigenvalue weighted by molar-refractivity contribution is 0.100. The number of carbonyl (C=O) groups excluding carboxylic acids is 1. The van der Waals surface area contributed by atoms with Crippen molar-refractivity contribution in [1.82, 2.24) is 15.2 Å². The van der Waals surface area contributed by atoms with Crippen LogP contribution in [0.5, 0.6) is 0 Å². The molecular weight excluding hydrogens is 244 g/mol. The summed E-state index contributed by atoms with van der Waals surface area (Å²) in [5.74, 6) is 0.377. The van der Waals surface area contributed by atoms with Gasteiger partial charge in [-0.1, -0.05) is 0 Å². The van der Waals surface area contributed by atoms with E-state index >= 15 is 0 Å². The van der Waals surface area contributed by atoms with Crippen LogP contribution in [0.4, 0.5) is 11.4 Å². The lowest BCUT2D eigenvalue weighted by atomic mass is 10.1. The minimum Gasteiger partial charge on any atom is -0.397 e. The first-order valence-corrected chi connectivity index (χ1v) is 5.94. The van der Waals surface area contributed by atoms with E-state index in [1.807, 2.05) is 0 Å². The van der Waals surface area contributed by atoms with Crippen molar-refractivity contribution >= 4 is 17.3 Å². The van der Waals surface area contributed by atoms with Crippen molar-refractivity contribution in [3.8, 4) is 0 Å². The van der Waals surface area contributed by atoms with E-state index in [9.17, 15) is 4.79 Å². The fraction of sp³-hybridized carbons (Fsp3) is 0.250. The van der Waals surface area contributed by atoms with Crippen LogP contribution in [-0.4, -0.2) is 27.6 Å². The topological polar surface area (TPSA) is 123 Å². The van der Waals surface area contributed by atoms with E-state index in [1.54, 1.807) is 18.2 Å². The Hall–Kier alpha value is -2.57. The van der Waals surface area contributed by atoms with Crippen molar-refractivity contribution in [3.63, 3.8) is 0 Å². The molecule has 0 unspecified atom stereocenters. The van der Waals surface area contributed by atoms with Crippen LogP contribution < -0.4 is 16.8 Å². The highest BCUT2D eigenvalue weighted by molar-refractivity contribution is 5.94. The number of nitrogens with one attached hydrogen (secondary N) is 2. The molecule has 6 N–H and O–H groups in total. The van der Waals surface area contributed by atoms with Gasteiger partial charge in [-0.2, -0.15) is 5.10 Å². The molecule has 1 aromatic heterocycles. The van der Waals surface area contributed by atoms with Gasteiger partial charge in [0, 0.05) is 18.5 Å². The number of carbonyl (C=O) groups is 1. The minimum absolute atomic E-state index is 0.407. The van der Waals surface area contributed by atoms with E-state index in [-0.39, 0.29) is 0 Å². The number of aromatic nitrogens is 3. The fourth-order valence-electron chi connectivity index (χ4n) is 1.71. The number of nitrogens with zero attached hydrogens (tertiary/aromatic N) is 2. The maximum atomic E-state index is 11.0. The number of hydrogen-bond donors (Lipinski definition) is 4. The zero-order chi connectivity index (χ0) is 13.7. The summed E-state index contributed by atoms with van der Waals surface area (Å²) in [5, 5.41) is 9.78. The van der Waals surface area contributed by atoms with Gasteiger partial charge in [-0.3, -0.25) is 9.89 Å². The molecule has 0 aliphatic carbocycles. The highest BCUT2D eigenvalue weighted by Gasteiger charge is 2.04. The lowest BCUT2D eigenvalue weighted by Crippen LogP contribution is -2.12. The van der Waals surface area contributed by atoms with Crippen LogP contribution in [0, 0.1) is 0 Å². The monoisotopic (exact) mass is 260 g/mol. The molecule has 2 aromatic rings. The number of benzene rings is 1. The highest BCUT2D eigenvalue weighted by Crippen LogP contribution is 2.19. The third kappa shape index (κ3) is 3.44. The summed E-state index contributed by atoms with van der Waals surface area (Å²) in [6, 6.07) is 4.97. The molecule has 0 aliphatic heterocycles. The molecule has 0 aliphatic rings. The molecule has 7 nitrogen and oxygen atoms in total. The molecule has 0 saturated heterocycles. The SMILES string of the molecule is NC(=O)c1ccc(NCCCc2ncn[nH]2)c(N)c1. The summed E-state index contributed by atoms with van der Waals surface area (Å²) in [4.78, 5) is 15.0. The summed E-state index contributed by atoms with van der Waals surface area (Å²) < 4.78 is 0. The van der Waals surface area contributed by atoms with Crippen molar-refractivity contribution in [2.24, 2.45) is 5.73 Å². The number of aromatic amines is 1. The number of primary amides is 1. The summed E-state index contributed by atoms with van der Waals surface area (Å²) in [6.45, 7) is 0.751. The molecule has 100 valence electrons. The third-order valence-electron chi connectivity index (χ3n) is 2.71. The highest BCUT2D eigenvalue weighted by atomic mass is 16.1. The van der Waals surface area contributed by atoms with Crippen LogP contribution in [-0.2, 0) is 6.42 Å². The van der Waals surface area contributed by atoms with Gasteiger partial charge in [0.1, 0.15) is 12.2 Å². The molecule has 7 heteroatoms. The van der Waals surface area contributed by atoms with E-state index in [0.717, 1.165) is 30.9 Å². The van der Waals surface area contributed by atoms with Gasteiger partial charge in [0.25, 0.3) is 0 Å². The van der Waals surface area contributed by atoms with Crippen molar-refractivity contribution in [2.45, 2.75) is 12.8 Å². The zero-order valence-corrected chi connectivity index (χ0v) is 10.4. The van der Waals surface area contributed by atoms with Crippen LogP contribution in [0.2, 0.25) is 0 Å². The first-order valence-electron chi connectivity index (χ1n) is 5.94. The third-order valence-corrected chi connectivity index (χ3v) is 2.71. The number of hydrogen-bond acceptors (Lipinski definition) is 5. The average Bonchev–Trinajstić information content (AvgIpc) is 2.89. The number of nitrogens with two attached hydrogens (primary N) is 2. The molecule has 0 bridgehead atoms. The first kappa shape index (κ1) is 12.9. The Morgan fingerprint density at radius 2 is 2.26 bits per heavy atom. The van der Waals surface area contributed by atoms with Gasteiger partial charge in [0.05, 0.1) is 11.4 Å². The van der Waals surface area contributed by atoms with Crippen LogP contribution in [0.3, 0.4) is 0 Å². The molecule has 1 amide bonds. The molecule has 2 rings (SSSR count). The normalized spacial score (nSPS) is 10.3. The lowest BCUT2D eigenvalue weighted by Gasteiger charge is -2.09. The van der Waals surface area contributed by atoms with Gasteiger partial charge in [0.2, 0.25) is 5.91 Å². The number of amides is 1. The molecule has 0 atom stereocenters. The Balaban J connectivity index is 1.84. The molecule has 1 heterocycles. The Morgan fingerprint density at radius 3 is 2.89 bits per heavy atom. The Kier molecular flexibility index (Phi) is 3.97. The maximum Gasteiger partial charge on any atom is 0.248 e. The van der Waals surface area contributed by atoms with Gasteiger partial charge in [-0.25, -0.2) is 4.98 Å². The van der Waals surface area contributed by atoms with Crippen LogP contribution in [0.15, 0.2) is 24.5 Å². The minimum atomic E-state index is -0.483. The summed E-state index contributed by atoms with van der Waals surface area (Å²) in [5.41, 5.74) is 12.7. The van der Waals surface area contributed by atoms with Gasteiger partial charge in [0.15, 0.2) is 0 Å². The predicted molar refractivity (Wildman–Crippen MR) is 72.6 cm³/mol. The van der Waals surface area contributed by atoms with Crippen LogP contribution >= 0.6 is 0 Å². The Labute approximate surface area is 110 Å². The van der Waals surface area contributed by atoms with Gasteiger partial charge in [-0.15, -0.1) is 0 Å². The molecule has 1 aromatic carbocycles. The summed E-state index contributed by atoms with van der Waals surface area (Å²) >= 11 is 0. The first-order chi connectivity index (χ1) is 9.16. The van der Waals surface area contributed by atoms with E-state index in [4.69, 9.17) is 11.5 Å². The number of anilines is 2. The van der Waals surface area contributed by atoms with Crippen LogP contribution in [0.25, 0.3) is 0 Å². The fourth-order valence-corrected chi connectivity index (χ4v) is 1.71. The van der Waals surface area contributed by atoms with Crippen molar-refractivity contribution in [2.75, 3.05) is 17.6 Å². The number of rotatable bonds is 6.